The number of benzene rings is 1. The number of carbonyl (C=O) groups excluding carboxylic acids is 1. The Labute approximate surface area is 193 Å². The summed E-state index contributed by atoms with van der Waals surface area (Å²) in [4.78, 5) is 26.9. The summed E-state index contributed by atoms with van der Waals surface area (Å²) in [7, 11) is 0. The van der Waals surface area contributed by atoms with Gasteiger partial charge in [0.05, 0.1) is 25.3 Å². The fourth-order valence-electron chi connectivity index (χ4n) is 4.46. The summed E-state index contributed by atoms with van der Waals surface area (Å²) in [5.41, 5.74) is 2.92. The van der Waals surface area contributed by atoms with Gasteiger partial charge in [0.2, 0.25) is 0 Å². The van der Waals surface area contributed by atoms with Gasteiger partial charge in [0.25, 0.3) is 5.91 Å². The maximum absolute atomic E-state index is 12.8. The molecule has 0 bridgehead atoms. The van der Waals surface area contributed by atoms with Crippen LogP contribution in [0.2, 0.25) is 0 Å². The lowest BCUT2D eigenvalue weighted by Gasteiger charge is -2.32. The van der Waals surface area contributed by atoms with Crippen LogP contribution in [-0.4, -0.2) is 65.0 Å². The van der Waals surface area contributed by atoms with Crippen LogP contribution in [-0.2, 0) is 9.47 Å². The van der Waals surface area contributed by atoms with E-state index in [2.05, 4.69) is 19.7 Å². The molecule has 1 amide bonds. The van der Waals surface area contributed by atoms with Crippen molar-refractivity contribution >= 4 is 17.1 Å². The first-order chi connectivity index (χ1) is 16.4. The number of amides is 1. The predicted molar refractivity (Wildman–Crippen MR) is 114 cm³/mol. The Kier molecular flexibility index (Phi) is 6.13. The van der Waals surface area contributed by atoms with Crippen LogP contribution >= 0.6 is 0 Å². The zero-order valence-electron chi connectivity index (χ0n) is 18.2. The Bertz CT molecular complexity index is 1150. The van der Waals surface area contributed by atoms with E-state index in [9.17, 15) is 18.0 Å². The summed E-state index contributed by atoms with van der Waals surface area (Å²) in [6.07, 6.45) is -1.78. The first-order valence-electron chi connectivity index (χ1n) is 11.1. The SMILES string of the molecule is O=C(c1ccc(OC(F)(F)F)cc1)N1CCC(c2ccnc3nc(C4COCCO4)[nH]c23)CC1. The summed E-state index contributed by atoms with van der Waals surface area (Å²) in [6, 6.07) is 6.98. The molecule has 2 aliphatic heterocycles. The molecule has 2 aliphatic rings. The number of rotatable bonds is 4. The summed E-state index contributed by atoms with van der Waals surface area (Å²) >= 11 is 0. The summed E-state index contributed by atoms with van der Waals surface area (Å²) in [6.45, 7) is 2.61. The quantitative estimate of drug-likeness (QED) is 0.613. The molecule has 2 saturated heterocycles. The number of ether oxygens (including phenoxy) is 3. The van der Waals surface area contributed by atoms with Crippen LogP contribution in [0.4, 0.5) is 13.2 Å². The number of piperidine rings is 1. The van der Waals surface area contributed by atoms with Crippen molar-refractivity contribution in [3.8, 4) is 5.75 Å². The molecule has 0 radical (unpaired) electrons. The van der Waals surface area contributed by atoms with Crippen molar-refractivity contribution in [1.29, 1.82) is 0 Å². The zero-order chi connectivity index (χ0) is 23.7. The van der Waals surface area contributed by atoms with Crippen molar-refractivity contribution < 1.29 is 32.2 Å². The maximum atomic E-state index is 12.8. The lowest BCUT2D eigenvalue weighted by molar-refractivity contribution is -0.274. The third-order valence-corrected chi connectivity index (χ3v) is 6.12. The lowest BCUT2D eigenvalue weighted by Crippen LogP contribution is -2.38. The van der Waals surface area contributed by atoms with Crippen molar-refractivity contribution in [3.63, 3.8) is 0 Å². The number of fused-ring (bicyclic) bond motifs is 1. The van der Waals surface area contributed by atoms with Gasteiger partial charge in [-0.1, -0.05) is 0 Å². The molecule has 1 N–H and O–H groups in total. The number of pyridine rings is 1. The van der Waals surface area contributed by atoms with Crippen LogP contribution < -0.4 is 4.74 Å². The number of H-pyrrole nitrogens is 1. The van der Waals surface area contributed by atoms with E-state index in [1.165, 1.54) is 12.1 Å². The smallest absolute Gasteiger partial charge is 0.406 e. The number of aromatic amines is 1. The third kappa shape index (κ3) is 4.85. The average Bonchev–Trinajstić information content (AvgIpc) is 3.28. The van der Waals surface area contributed by atoms with Crippen LogP contribution in [0.25, 0.3) is 11.2 Å². The zero-order valence-corrected chi connectivity index (χ0v) is 18.2. The van der Waals surface area contributed by atoms with Crippen LogP contribution in [0.3, 0.4) is 0 Å². The van der Waals surface area contributed by atoms with Gasteiger partial charge < -0.3 is 24.1 Å². The Morgan fingerprint density at radius 2 is 1.88 bits per heavy atom. The van der Waals surface area contributed by atoms with E-state index in [1.807, 2.05) is 6.07 Å². The Morgan fingerprint density at radius 3 is 2.56 bits per heavy atom. The molecule has 180 valence electrons. The van der Waals surface area contributed by atoms with Gasteiger partial charge in [-0.25, -0.2) is 9.97 Å². The number of alkyl halides is 3. The van der Waals surface area contributed by atoms with Crippen molar-refractivity contribution in [1.82, 2.24) is 19.9 Å². The molecule has 8 nitrogen and oxygen atoms in total. The van der Waals surface area contributed by atoms with E-state index >= 15 is 0 Å². The largest absolute Gasteiger partial charge is 0.573 e. The monoisotopic (exact) mass is 476 g/mol. The highest BCUT2D eigenvalue weighted by atomic mass is 19.4. The van der Waals surface area contributed by atoms with Gasteiger partial charge in [0, 0.05) is 24.8 Å². The second kappa shape index (κ2) is 9.22. The van der Waals surface area contributed by atoms with Gasteiger partial charge in [0.15, 0.2) is 5.65 Å². The van der Waals surface area contributed by atoms with Crippen LogP contribution in [0.15, 0.2) is 36.5 Å². The minimum atomic E-state index is -4.77. The predicted octanol–water partition coefficient (Wildman–Crippen LogP) is 3.96. The van der Waals surface area contributed by atoms with Crippen LogP contribution in [0.1, 0.15) is 46.6 Å². The standard InChI is InChI=1S/C23H23F3N4O4/c24-23(25,26)34-16-3-1-15(2-4-16)22(31)30-9-6-14(7-10-30)17-5-8-27-21-19(17)28-20(29-21)18-13-32-11-12-33-18/h1-5,8,14,18H,6-7,9-13H2,(H,27,28,29). The molecular weight excluding hydrogens is 453 g/mol. The fourth-order valence-corrected chi connectivity index (χ4v) is 4.46. The average molecular weight is 476 g/mol. The van der Waals surface area contributed by atoms with E-state index in [0.717, 1.165) is 36.1 Å². The number of aromatic nitrogens is 3. The number of hydrogen-bond acceptors (Lipinski definition) is 6. The first-order valence-corrected chi connectivity index (χ1v) is 11.1. The second-order valence-electron chi connectivity index (χ2n) is 8.29. The summed E-state index contributed by atoms with van der Waals surface area (Å²) < 4.78 is 52.1. The van der Waals surface area contributed by atoms with E-state index in [0.29, 0.717) is 49.9 Å². The minimum absolute atomic E-state index is 0.213. The molecule has 11 heteroatoms. The molecule has 2 aromatic heterocycles. The molecule has 0 aliphatic carbocycles. The number of nitrogens with zero attached hydrogens (tertiary/aromatic N) is 3. The van der Waals surface area contributed by atoms with E-state index in [1.54, 1.807) is 11.1 Å². The van der Waals surface area contributed by atoms with Crippen molar-refractivity contribution in [2.24, 2.45) is 0 Å². The van der Waals surface area contributed by atoms with E-state index in [4.69, 9.17) is 9.47 Å². The van der Waals surface area contributed by atoms with Gasteiger partial charge >= 0.3 is 6.36 Å². The Hall–Kier alpha value is -3.18. The number of hydrogen-bond donors (Lipinski definition) is 1. The Morgan fingerprint density at radius 1 is 1.12 bits per heavy atom. The van der Waals surface area contributed by atoms with E-state index in [-0.39, 0.29) is 23.7 Å². The maximum Gasteiger partial charge on any atom is 0.573 e. The second-order valence-corrected chi connectivity index (χ2v) is 8.29. The fraction of sp³-hybridized carbons (Fsp3) is 0.435. The number of imidazole rings is 1. The molecule has 1 aromatic carbocycles. The molecule has 5 rings (SSSR count). The number of carbonyl (C=O) groups is 1. The van der Waals surface area contributed by atoms with Gasteiger partial charge in [-0.15, -0.1) is 13.2 Å². The normalized spacial score (nSPS) is 20.0. The molecule has 4 heterocycles. The number of nitrogens with one attached hydrogen (secondary N) is 1. The minimum Gasteiger partial charge on any atom is -0.406 e. The first kappa shape index (κ1) is 22.6. The van der Waals surface area contributed by atoms with Crippen molar-refractivity contribution in [2.45, 2.75) is 31.2 Å². The summed E-state index contributed by atoms with van der Waals surface area (Å²) in [5.74, 6) is 0.345. The lowest BCUT2D eigenvalue weighted by atomic mass is 9.89. The third-order valence-electron chi connectivity index (χ3n) is 6.12. The molecule has 2 fully saturated rings. The molecular formula is C23H23F3N4O4. The topological polar surface area (TPSA) is 89.6 Å². The molecule has 3 aromatic rings. The molecule has 0 saturated carbocycles. The molecule has 1 atom stereocenters. The van der Waals surface area contributed by atoms with Gasteiger partial charge in [-0.2, -0.15) is 0 Å². The highest BCUT2D eigenvalue weighted by Gasteiger charge is 2.31. The number of halogens is 3. The van der Waals surface area contributed by atoms with Crippen molar-refractivity contribution in [3.05, 3.63) is 53.5 Å². The Balaban J connectivity index is 1.25. The highest BCUT2D eigenvalue weighted by Crippen LogP contribution is 2.33. The number of likely N-dealkylation sites (tertiary alicyclic amines) is 1. The van der Waals surface area contributed by atoms with Gasteiger partial charge in [-0.05, 0) is 54.7 Å². The van der Waals surface area contributed by atoms with Crippen LogP contribution in [0, 0.1) is 0 Å². The van der Waals surface area contributed by atoms with E-state index < -0.39 is 6.36 Å². The summed E-state index contributed by atoms with van der Waals surface area (Å²) in [5, 5.41) is 0. The molecule has 34 heavy (non-hydrogen) atoms. The molecule has 0 spiro atoms. The van der Waals surface area contributed by atoms with Crippen LogP contribution in [0.5, 0.6) is 5.75 Å². The highest BCUT2D eigenvalue weighted by molar-refractivity contribution is 5.94. The van der Waals surface area contributed by atoms with Gasteiger partial charge in [-0.3, -0.25) is 4.79 Å². The van der Waals surface area contributed by atoms with Crippen molar-refractivity contribution in [2.75, 3.05) is 32.9 Å². The molecule has 1 unspecified atom stereocenters. The van der Waals surface area contributed by atoms with Gasteiger partial charge in [0.1, 0.15) is 17.7 Å².